The van der Waals surface area contributed by atoms with E-state index >= 15 is 0 Å². The first-order valence-corrected chi connectivity index (χ1v) is 28.5. The number of aryl methyl sites for hydroxylation is 3. The Kier molecular flexibility index (Phi) is 21.7. The summed E-state index contributed by atoms with van der Waals surface area (Å²) in [4.78, 5) is 102. The monoisotopic (exact) mass is 1250 g/mol. The first kappa shape index (κ1) is 66.4. The number of esters is 3. The zero-order valence-electron chi connectivity index (χ0n) is 50.3. The lowest BCUT2D eigenvalue weighted by Gasteiger charge is -2.08. The van der Waals surface area contributed by atoms with E-state index < -0.39 is 29.4 Å². The minimum Gasteiger partial charge on any atom is -0.407 e. The number of ether oxygens (including phenoxy) is 2. The molecule has 92 heavy (non-hydrogen) atoms. The molecule has 9 aromatic heterocycles. The van der Waals surface area contributed by atoms with Crippen LogP contribution >= 0.6 is 0 Å². The molecule has 470 valence electrons. The second kappa shape index (κ2) is 30.1. The van der Waals surface area contributed by atoms with E-state index in [-0.39, 0.29) is 61.8 Å². The molecule has 0 spiro atoms. The molecule has 0 unspecified atom stereocenters. The summed E-state index contributed by atoms with van der Waals surface area (Å²) in [7, 11) is 0. The molecule has 0 saturated heterocycles. The van der Waals surface area contributed by atoms with Gasteiger partial charge in [-0.15, -0.1) is 0 Å². The molecule has 12 aromatic rings. The average molecular weight is 1250 g/mol. The average Bonchev–Trinajstić information content (AvgIpc) is 1.62. The van der Waals surface area contributed by atoms with Gasteiger partial charge in [0.1, 0.15) is 34.5 Å². The fourth-order valence-corrected chi connectivity index (χ4v) is 9.39. The van der Waals surface area contributed by atoms with Gasteiger partial charge in [-0.25, -0.2) is 61.7 Å². The van der Waals surface area contributed by atoms with Gasteiger partial charge in [0.05, 0.1) is 35.8 Å². The van der Waals surface area contributed by atoms with Gasteiger partial charge in [0, 0.05) is 98.3 Å². The van der Waals surface area contributed by atoms with Crippen LogP contribution < -0.4 is 15.9 Å². The Labute approximate surface area is 523 Å². The van der Waals surface area contributed by atoms with E-state index in [2.05, 4.69) is 59.9 Å². The van der Waals surface area contributed by atoms with Crippen molar-refractivity contribution in [3.63, 3.8) is 0 Å². The SMILES string of the molecule is C.CC(=O)OC(C)=O.CCc1cnc(-c2nn(Cc3ccccc3F)c3ncccc23)[nH]c1=O.CCc1cnc(-c2nn(Cc3ccccc3F)c3ncccc23)n(C(C)=O)c1=O.CCc1cnc(-c2nn(Cc3ccccc3F)c3ncccc23)nc1OC(C)=O. The maximum Gasteiger partial charge on any atom is 0.310 e. The van der Waals surface area contributed by atoms with Crippen LogP contribution in [0.2, 0.25) is 0 Å². The van der Waals surface area contributed by atoms with E-state index in [4.69, 9.17) is 4.74 Å². The van der Waals surface area contributed by atoms with Gasteiger partial charge >= 0.3 is 17.9 Å². The van der Waals surface area contributed by atoms with Crippen molar-refractivity contribution in [1.29, 1.82) is 0 Å². The van der Waals surface area contributed by atoms with Crippen molar-refractivity contribution >= 4 is 56.9 Å². The molecule has 1 N–H and O–H groups in total. The Balaban J connectivity index is 0.000000168. The van der Waals surface area contributed by atoms with Gasteiger partial charge in [0.25, 0.3) is 11.1 Å². The topological polar surface area (TPSA) is 285 Å². The van der Waals surface area contributed by atoms with E-state index in [0.717, 1.165) is 20.9 Å². The van der Waals surface area contributed by atoms with Crippen molar-refractivity contribution in [1.82, 2.24) is 73.8 Å². The van der Waals surface area contributed by atoms with Crippen molar-refractivity contribution in [2.75, 3.05) is 0 Å². The van der Waals surface area contributed by atoms with Gasteiger partial charge < -0.3 is 14.5 Å². The zero-order valence-corrected chi connectivity index (χ0v) is 50.3. The Morgan fingerprint density at radius 3 is 1.33 bits per heavy atom. The number of carbonyl (C=O) groups excluding carboxylic acids is 4. The molecular formula is C66H62F3N15O8. The van der Waals surface area contributed by atoms with Crippen LogP contribution in [-0.2, 0) is 58.0 Å². The number of halogens is 3. The Morgan fingerprint density at radius 2 is 0.902 bits per heavy atom. The van der Waals surface area contributed by atoms with Crippen LogP contribution in [0, 0.1) is 17.5 Å². The summed E-state index contributed by atoms with van der Waals surface area (Å²) in [5.74, 6) is -1.95. The van der Waals surface area contributed by atoms with Crippen LogP contribution in [0.25, 0.3) is 67.7 Å². The van der Waals surface area contributed by atoms with E-state index in [9.17, 15) is 41.9 Å². The molecule has 0 aliphatic heterocycles. The third-order valence-electron chi connectivity index (χ3n) is 13.7. The molecule has 0 fully saturated rings. The number of nitrogens with zero attached hydrogens (tertiary/aromatic N) is 14. The van der Waals surface area contributed by atoms with Gasteiger partial charge in [-0.1, -0.05) is 82.8 Å². The summed E-state index contributed by atoms with van der Waals surface area (Å²) in [5, 5.41) is 15.8. The van der Waals surface area contributed by atoms with Gasteiger partial charge in [0.15, 0.2) is 34.4 Å². The molecule has 0 aliphatic rings. The van der Waals surface area contributed by atoms with Crippen molar-refractivity contribution in [3.8, 4) is 40.4 Å². The van der Waals surface area contributed by atoms with Gasteiger partial charge in [-0.2, -0.15) is 20.3 Å². The molecule has 9 heterocycles. The second-order valence-electron chi connectivity index (χ2n) is 20.0. The van der Waals surface area contributed by atoms with Gasteiger partial charge in [0.2, 0.25) is 11.8 Å². The summed E-state index contributed by atoms with van der Waals surface area (Å²) in [6.45, 7) is 11.2. The number of aromatic amines is 1. The number of hydrogen-bond donors (Lipinski definition) is 1. The van der Waals surface area contributed by atoms with E-state index in [1.807, 2.05) is 32.9 Å². The number of fused-ring (bicyclic) bond motifs is 3. The fraction of sp³-hybridized carbons (Fsp3) is 0.212. The highest BCUT2D eigenvalue weighted by molar-refractivity contribution is 5.93. The summed E-state index contributed by atoms with van der Waals surface area (Å²) in [6.07, 6.45) is 11.2. The molecule has 26 heteroatoms. The molecular weight excluding hydrogens is 1190 g/mol. The summed E-state index contributed by atoms with van der Waals surface area (Å²) in [5.41, 5.74) is 5.69. The number of pyridine rings is 3. The molecule has 23 nitrogen and oxygen atoms in total. The van der Waals surface area contributed by atoms with Crippen molar-refractivity contribution in [3.05, 3.63) is 218 Å². The summed E-state index contributed by atoms with van der Waals surface area (Å²) < 4.78 is 57.3. The lowest BCUT2D eigenvalue weighted by atomic mass is 10.2. The predicted octanol–water partition coefficient (Wildman–Crippen LogP) is 10.3. The van der Waals surface area contributed by atoms with Crippen molar-refractivity contribution in [2.45, 2.75) is 94.8 Å². The van der Waals surface area contributed by atoms with Crippen LogP contribution in [-0.4, -0.2) is 97.6 Å². The molecule has 12 rings (SSSR count). The molecule has 0 amide bonds. The number of aromatic nitrogens is 15. The van der Waals surface area contributed by atoms with E-state index in [1.165, 1.54) is 52.1 Å². The second-order valence-corrected chi connectivity index (χ2v) is 20.0. The first-order chi connectivity index (χ1) is 43.9. The number of rotatable bonds is 13. The lowest BCUT2D eigenvalue weighted by molar-refractivity contribution is -0.156. The van der Waals surface area contributed by atoms with Gasteiger partial charge in [-0.05, 0) is 73.9 Å². The highest BCUT2D eigenvalue weighted by atomic mass is 19.1. The first-order valence-electron chi connectivity index (χ1n) is 28.5. The summed E-state index contributed by atoms with van der Waals surface area (Å²) in [6, 6.07) is 30.3. The highest BCUT2D eigenvalue weighted by Gasteiger charge is 2.24. The third-order valence-corrected chi connectivity index (χ3v) is 13.7. The number of carbonyl (C=O) groups is 4. The standard InChI is InChI=1S/2C21H18FN5O2.C19H16FN5O.C4H6O3.CH4/c1-3-14-11-24-19(25-21(14)29-13(2)28)18-16-8-6-10-23-20(16)27(26-18)12-15-7-4-5-9-17(15)22;1-3-14-11-24-20(27(13(2)28)21(14)29)18-16-8-6-10-23-19(16)26(25-18)12-15-7-4-5-9-17(15)22;1-2-12-10-22-17(23-19(12)26)16-14-7-5-9-21-18(14)25(24-16)11-13-6-3-4-8-15(13)20;1-3(5)7-4(2)6;/h2*4-11H,3,12H2,1-2H3;3-10H,2,11H2,1H3,(H,22,23,26);1-2H3;1H4. The van der Waals surface area contributed by atoms with Crippen LogP contribution in [0.5, 0.6) is 5.88 Å². The Morgan fingerprint density at radius 1 is 0.478 bits per heavy atom. The smallest absolute Gasteiger partial charge is 0.310 e. The Hall–Kier alpha value is -11.6. The van der Waals surface area contributed by atoms with Crippen molar-refractivity contribution in [2.24, 2.45) is 0 Å². The Bertz CT molecular complexity index is 4800. The van der Waals surface area contributed by atoms with Crippen molar-refractivity contribution < 1.29 is 41.8 Å². The minimum atomic E-state index is -0.562. The molecule has 0 atom stereocenters. The van der Waals surface area contributed by atoms with Gasteiger partial charge in [-0.3, -0.25) is 28.8 Å². The van der Waals surface area contributed by atoms with Crippen LogP contribution in [0.4, 0.5) is 13.2 Å². The zero-order chi connectivity index (χ0) is 64.9. The molecule has 0 saturated carbocycles. The lowest BCUT2D eigenvalue weighted by Crippen LogP contribution is -2.30. The quantitative estimate of drug-likeness (QED) is 0.0829. The van der Waals surface area contributed by atoms with E-state index in [1.54, 1.807) is 124 Å². The largest absolute Gasteiger partial charge is 0.407 e. The maximum atomic E-state index is 14.1. The van der Waals surface area contributed by atoms with Crippen LogP contribution in [0.1, 0.15) is 94.1 Å². The minimum absolute atomic E-state index is 0. The maximum absolute atomic E-state index is 14.1. The normalized spacial score (nSPS) is 10.7. The predicted molar refractivity (Wildman–Crippen MR) is 336 cm³/mol. The number of benzene rings is 3. The number of H-pyrrole nitrogens is 1. The molecule has 0 radical (unpaired) electrons. The number of nitrogens with one attached hydrogen (secondary N) is 1. The number of hydrogen-bond acceptors (Lipinski definition) is 18. The fourth-order valence-electron chi connectivity index (χ4n) is 9.39. The van der Waals surface area contributed by atoms with Crippen LogP contribution in [0.3, 0.4) is 0 Å². The third kappa shape index (κ3) is 15.3. The highest BCUT2D eigenvalue weighted by Crippen LogP contribution is 2.30. The molecule has 0 aliphatic carbocycles. The van der Waals surface area contributed by atoms with E-state index in [0.29, 0.717) is 98.1 Å². The summed E-state index contributed by atoms with van der Waals surface area (Å²) >= 11 is 0. The van der Waals surface area contributed by atoms with Crippen LogP contribution in [0.15, 0.2) is 156 Å². The molecule has 0 bridgehead atoms. The molecule has 3 aromatic carbocycles.